The minimum absolute atomic E-state index is 0.202. The molecule has 70 valence electrons. The van der Waals surface area contributed by atoms with Crippen molar-refractivity contribution in [2.75, 3.05) is 0 Å². The Bertz CT molecular complexity index is 143. The molecule has 0 bridgehead atoms. The van der Waals surface area contributed by atoms with Crippen molar-refractivity contribution in [3.05, 3.63) is 0 Å². The molecule has 0 aromatic carbocycles. The first kappa shape index (κ1) is 8.49. The predicted molar refractivity (Wildman–Crippen MR) is 47.9 cm³/mol. The number of halogens is 1. The third-order valence-electron chi connectivity index (χ3n) is 3.24. The van der Waals surface area contributed by atoms with Crippen LogP contribution in [0.25, 0.3) is 0 Å². The smallest absolute Gasteiger partial charge is 0.115 e. The molecule has 2 unspecified atom stereocenters. The van der Waals surface area contributed by atoms with Crippen molar-refractivity contribution in [3.8, 4) is 0 Å². The number of alkyl halides is 1. The van der Waals surface area contributed by atoms with Crippen molar-refractivity contribution >= 4 is 0 Å². The molecule has 0 aromatic heterocycles. The topological polar surface area (TPSA) is 12.0 Å². The molecular weight excluding hydrogens is 153 g/mol. The van der Waals surface area contributed by atoms with Crippen molar-refractivity contribution in [2.24, 2.45) is 0 Å². The van der Waals surface area contributed by atoms with Gasteiger partial charge in [-0.15, -0.1) is 0 Å². The van der Waals surface area contributed by atoms with Crippen LogP contribution < -0.4 is 5.32 Å². The van der Waals surface area contributed by atoms with Crippen LogP contribution in [0.3, 0.4) is 0 Å². The fourth-order valence-electron chi connectivity index (χ4n) is 2.22. The summed E-state index contributed by atoms with van der Waals surface area (Å²) in [6.45, 7) is 0. The summed E-state index contributed by atoms with van der Waals surface area (Å²) in [5.74, 6) is 0. The van der Waals surface area contributed by atoms with Gasteiger partial charge in [-0.05, 0) is 25.7 Å². The van der Waals surface area contributed by atoms with Crippen LogP contribution in [0.1, 0.15) is 44.9 Å². The van der Waals surface area contributed by atoms with E-state index in [2.05, 4.69) is 5.32 Å². The maximum atomic E-state index is 12.9. The molecule has 0 aliphatic heterocycles. The fraction of sp³-hybridized carbons (Fsp3) is 1.00. The van der Waals surface area contributed by atoms with E-state index in [1.807, 2.05) is 0 Å². The Labute approximate surface area is 73.7 Å². The summed E-state index contributed by atoms with van der Waals surface area (Å²) in [7, 11) is 0. The van der Waals surface area contributed by atoms with E-state index in [4.69, 9.17) is 0 Å². The Morgan fingerprint density at radius 3 is 2.17 bits per heavy atom. The second-order valence-corrected chi connectivity index (χ2v) is 4.20. The van der Waals surface area contributed by atoms with E-state index < -0.39 is 6.17 Å². The normalized spacial score (nSPS) is 37.8. The summed E-state index contributed by atoms with van der Waals surface area (Å²) in [6, 6.07) is 0.829. The van der Waals surface area contributed by atoms with Gasteiger partial charge in [-0.3, -0.25) is 0 Å². The molecule has 2 atom stereocenters. The van der Waals surface area contributed by atoms with E-state index >= 15 is 0 Å². The zero-order valence-corrected chi connectivity index (χ0v) is 7.56. The largest absolute Gasteiger partial charge is 0.308 e. The molecule has 1 N–H and O–H groups in total. The third-order valence-corrected chi connectivity index (χ3v) is 3.24. The number of hydrogen-bond donors (Lipinski definition) is 1. The summed E-state index contributed by atoms with van der Waals surface area (Å²) < 4.78 is 12.9. The van der Waals surface area contributed by atoms with Crippen LogP contribution in [0, 0.1) is 0 Å². The van der Waals surface area contributed by atoms with Gasteiger partial charge in [-0.2, -0.15) is 0 Å². The Morgan fingerprint density at radius 2 is 1.67 bits per heavy atom. The molecular formula is C10H18FN. The van der Waals surface area contributed by atoms with Crippen molar-refractivity contribution in [2.45, 2.75) is 63.2 Å². The van der Waals surface area contributed by atoms with E-state index in [0.29, 0.717) is 6.04 Å². The Hall–Kier alpha value is -0.110. The summed E-state index contributed by atoms with van der Waals surface area (Å²) in [5, 5.41) is 3.43. The van der Waals surface area contributed by atoms with Gasteiger partial charge < -0.3 is 5.32 Å². The molecule has 0 aromatic rings. The maximum Gasteiger partial charge on any atom is 0.115 e. The molecule has 0 heterocycles. The quantitative estimate of drug-likeness (QED) is 0.672. The monoisotopic (exact) mass is 171 g/mol. The van der Waals surface area contributed by atoms with Gasteiger partial charge in [-0.1, -0.05) is 19.3 Å². The van der Waals surface area contributed by atoms with Gasteiger partial charge in [0.05, 0.1) is 0 Å². The highest BCUT2D eigenvalue weighted by molar-refractivity contribution is 4.89. The standard InChI is InChI=1S/C10H18FN/c11-9-6-7-10(9)12-8-4-2-1-3-5-8/h8-10,12H,1-7H2. The van der Waals surface area contributed by atoms with Crippen LogP contribution in [0.4, 0.5) is 4.39 Å². The van der Waals surface area contributed by atoms with Crippen molar-refractivity contribution in [1.29, 1.82) is 0 Å². The van der Waals surface area contributed by atoms with E-state index in [1.54, 1.807) is 0 Å². The van der Waals surface area contributed by atoms with E-state index in [9.17, 15) is 4.39 Å². The maximum absolute atomic E-state index is 12.9. The van der Waals surface area contributed by atoms with Gasteiger partial charge in [0, 0.05) is 12.1 Å². The van der Waals surface area contributed by atoms with Gasteiger partial charge in [0.1, 0.15) is 6.17 Å². The first-order chi connectivity index (χ1) is 5.86. The Balaban J connectivity index is 1.70. The third kappa shape index (κ3) is 1.79. The van der Waals surface area contributed by atoms with Gasteiger partial charge in [0.15, 0.2) is 0 Å². The van der Waals surface area contributed by atoms with Crippen LogP contribution in [-0.2, 0) is 0 Å². The van der Waals surface area contributed by atoms with E-state index in [1.165, 1.54) is 32.1 Å². The lowest BCUT2D eigenvalue weighted by Crippen LogP contribution is -2.50. The molecule has 2 aliphatic rings. The molecule has 2 saturated carbocycles. The summed E-state index contributed by atoms with van der Waals surface area (Å²) >= 11 is 0. The first-order valence-corrected chi connectivity index (χ1v) is 5.26. The molecule has 2 heteroatoms. The lowest BCUT2D eigenvalue weighted by atomic mass is 9.87. The SMILES string of the molecule is FC1CCC1NC1CCCCC1. The Kier molecular flexibility index (Phi) is 2.64. The zero-order chi connectivity index (χ0) is 8.39. The lowest BCUT2D eigenvalue weighted by Gasteiger charge is -2.36. The molecule has 2 fully saturated rings. The van der Waals surface area contributed by atoms with Crippen molar-refractivity contribution in [3.63, 3.8) is 0 Å². The molecule has 12 heavy (non-hydrogen) atoms. The minimum Gasteiger partial charge on any atom is -0.308 e. The van der Waals surface area contributed by atoms with E-state index in [-0.39, 0.29) is 6.04 Å². The number of nitrogens with one attached hydrogen (secondary N) is 1. The molecule has 2 rings (SSSR count). The van der Waals surface area contributed by atoms with Gasteiger partial charge >= 0.3 is 0 Å². The molecule has 0 radical (unpaired) electrons. The van der Waals surface area contributed by atoms with Gasteiger partial charge in [0.25, 0.3) is 0 Å². The fourth-order valence-corrected chi connectivity index (χ4v) is 2.22. The number of hydrogen-bond acceptors (Lipinski definition) is 1. The highest BCUT2D eigenvalue weighted by Gasteiger charge is 2.32. The molecule has 0 saturated heterocycles. The first-order valence-electron chi connectivity index (χ1n) is 5.26. The molecule has 2 aliphatic carbocycles. The van der Waals surface area contributed by atoms with Crippen molar-refractivity contribution in [1.82, 2.24) is 5.32 Å². The second-order valence-electron chi connectivity index (χ2n) is 4.20. The highest BCUT2D eigenvalue weighted by Crippen LogP contribution is 2.26. The summed E-state index contributed by atoms with van der Waals surface area (Å²) in [5.41, 5.74) is 0. The van der Waals surface area contributed by atoms with Gasteiger partial charge in [-0.25, -0.2) is 4.39 Å². The predicted octanol–water partition coefficient (Wildman–Crippen LogP) is 2.41. The zero-order valence-electron chi connectivity index (χ0n) is 7.56. The van der Waals surface area contributed by atoms with Crippen LogP contribution in [-0.4, -0.2) is 18.3 Å². The average molecular weight is 171 g/mol. The average Bonchev–Trinajstić information content (AvgIpc) is 2.14. The van der Waals surface area contributed by atoms with Crippen LogP contribution >= 0.6 is 0 Å². The van der Waals surface area contributed by atoms with Crippen LogP contribution in [0.15, 0.2) is 0 Å². The second kappa shape index (κ2) is 3.73. The van der Waals surface area contributed by atoms with Crippen LogP contribution in [0.5, 0.6) is 0 Å². The highest BCUT2D eigenvalue weighted by atomic mass is 19.1. The molecule has 0 amide bonds. The lowest BCUT2D eigenvalue weighted by molar-refractivity contribution is 0.124. The van der Waals surface area contributed by atoms with Crippen LogP contribution in [0.2, 0.25) is 0 Å². The van der Waals surface area contributed by atoms with Crippen molar-refractivity contribution < 1.29 is 4.39 Å². The van der Waals surface area contributed by atoms with E-state index in [0.717, 1.165) is 12.8 Å². The number of rotatable bonds is 2. The summed E-state index contributed by atoms with van der Waals surface area (Å²) in [6.07, 6.45) is 7.87. The summed E-state index contributed by atoms with van der Waals surface area (Å²) in [4.78, 5) is 0. The Morgan fingerprint density at radius 1 is 0.917 bits per heavy atom. The molecule has 0 spiro atoms. The van der Waals surface area contributed by atoms with Gasteiger partial charge in [0.2, 0.25) is 0 Å². The minimum atomic E-state index is -0.549. The molecule has 1 nitrogen and oxygen atoms in total.